The molecule has 14 heteroatoms. The maximum atomic E-state index is 14.2. The first-order valence-electron chi connectivity index (χ1n) is 15.3. The van der Waals surface area contributed by atoms with Gasteiger partial charge in [-0.15, -0.1) is 23.2 Å². The molecule has 0 radical (unpaired) electrons. The third-order valence-electron chi connectivity index (χ3n) is 10.0. The lowest BCUT2D eigenvalue weighted by atomic mass is 9.56. The number of halogens is 3. The molecule has 0 bridgehead atoms. The Bertz CT molecular complexity index is 1900. The van der Waals surface area contributed by atoms with Gasteiger partial charge in [0.15, 0.2) is 9.75 Å². The number of benzene rings is 3. The van der Waals surface area contributed by atoms with E-state index in [2.05, 4.69) is 15.9 Å². The molecule has 6 atom stereocenters. The van der Waals surface area contributed by atoms with E-state index in [1.165, 1.54) is 30.3 Å². The van der Waals surface area contributed by atoms with E-state index < -0.39 is 64.2 Å². The Labute approximate surface area is 294 Å². The van der Waals surface area contributed by atoms with E-state index in [4.69, 9.17) is 27.9 Å². The van der Waals surface area contributed by atoms with Gasteiger partial charge >= 0.3 is 7.12 Å². The van der Waals surface area contributed by atoms with Gasteiger partial charge in [-0.1, -0.05) is 76.1 Å². The molecule has 4 aliphatic rings. The molecule has 48 heavy (non-hydrogen) atoms. The van der Waals surface area contributed by atoms with E-state index in [1.54, 1.807) is 18.2 Å². The number of allylic oxidation sites excluding steroid dienone is 2. The third kappa shape index (κ3) is 4.75. The Morgan fingerprint density at radius 2 is 1.67 bits per heavy atom. The number of imide groups is 2. The minimum Gasteiger partial charge on any atom is -0.508 e. The summed E-state index contributed by atoms with van der Waals surface area (Å²) in [6, 6.07) is 19.9. The molecule has 2 aliphatic heterocycles. The Morgan fingerprint density at radius 3 is 2.35 bits per heavy atom. The lowest BCUT2D eigenvalue weighted by Gasteiger charge is -2.50. The van der Waals surface area contributed by atoms with Gasteiger partial charge in [0.2, 0.25) is 11.8 Å². The minimum absolute atomic E-state index is 0.0998. The van der Waals surface area contributed by atoms with Crippen molar-refractivity contribution in [2.45, 2.75) is 35.1 Å². The van der Waals surface area contributed by atoms with Crippen molar-refractivity contribution in [3.63, 3.8) is 0 Å². The van der Waals surface area contributed by atoms with Crippen LogP contribution in [0, 0.1) is 17.8 Å². The second kappa shape index (κ2) is 12.0. The monoisotopic (exact) mass is 752 g/mol. The van der Waals surface area contributed by atoms with Gasteiger partial charge in [0.05, 0.1) is 23.0 Å². The van der Waals surface area contributed by atoms with Gasteiger partial charge in [-0.2, -0.15) is 0 Å². The van der Waals surface area contributed by atoms with Gasteiger partial charge in [-0.3, -0.25) is 29.0 Å². The molecule has 2 saturated heterocycles. The molecular formula is C34H28BBrCl2N2O8. The average Bonchev–Trinajstić information content (AvgIpc) is 3.42. The van der Waals surface area contributed by atoms with Gasteiger partial charge in [-0.25, -0.2) is 0 Å². The van der Waals surface area contributed by atoms with Gasteiger partial charge in [0, 0.05) is 17.5 Å². The number of hydrogen-bond donors (Lipinski definition) is 3. The number of carbonyl (C=O) groups excluding carboxylic acids is 4. The predicted octanol–water partition coefficient (Wildman–Crippen LogP) is 3.57. The zero-order valence-electron chi connectivity index (χ0n) is 25.1. The molecule has 3 aromatic rings. The van der Waals surface area contributed by atoms with Crippen molar-refractivity contribution in [3.05, 3.63) is 95.6 Å². The molecule has 7 rings (SSSR count). The molecule has 0 spiro atoms. The number of hydrogen-bond acceptors (Lipinski definition) is 8. The SMILES string of the molecule is O=C1C2CC=C3C(CC4(Cl)C(=O)N(CBr)C(=O)C4(Cl)C3c3ccc(OCc4ccccc4)cc3O)C2C(=O)N1c1cccc(B(O)O)c1. The van der Waals surface area contributed by atoms with Crippen molar-refractivity contribution < 1.29 is 39.1 Å². The van der Waals surface area contributed by atoms with E-state index in [0.29, 0.717) is 11.3 Å². The Hall–Kier alpha value is -3.68. The van der Waals surface area contributed by atoms with E-state index in [0.717, 1.165) is 15.4 Å². The van der Waals surface area contributed by atoms with E-state index in [1.807, 2.05) is 30.3 Å². The van der Waals surface area contributed by atoms with Gasteiger partial charge in [-0.05, 0) is 48.0 Å². The highest BCUT2D eigenvalue weighted by molar-refractivity contribution is 9.09. The molecule has 246 valence electrons. The van der Waals surface area contributed by atoms with Crippen LogP contribution in [0.2, 0.25) is 0 Å². The first-order valence-corrected chi connectivity index (χ1v) is 17.1. The normalized spacial score (nSPS) is 29.4. The van der Waals surface area contributed by atoms with Crippen molar-refractivity contribution in [1.82, 2.24) is 4.90 Å². The van der Waals surface area contributed by atoms with Crippen LogP contribution >= 0.6 is 39.1 Å². The lowest BCUT2D eigenvalue weighted by Crippen LogP contribution is -2.60. The Kier molecular flexibility index (Phi) is 8.23. The number of ether oxygens (including phenoxy) is 1. The molecular weight excluding hydrogens is 726 g/mol. The average molecular weight is 754 g/mol. The minimum atomic E-state index is -2.07. The second-order valence-electron chi connectivity index (χ2n) is 12.5. The molecule has 3 aromatic carbocycles. The van der Waals surface area contributed by atoms with Crippen LogP contribution in [0.15, 0.2) is 84.4 Å². The predicted molar refractivity (Wildman–Crippen MR) is 181 cm³/mol. The number of fused-ring (bicyclic) bond motifs is 4. The molecule has 3 N–H and O–H groups in total. The first-order chi connectivity index (χ1) is 22.9. The molecule has 2 heterocycles. The van der Waals surface area contributed by atoms with Crippen molar-refractivity contribution in [2.75, 3.05) is 10.4 Å². The highest BCUT2D eigenvalue weighted by Gasteiger charge is 2.76. The van der Waals surface area contributed by atoms with Crippen molar-refractivity contribution in [1.29, 1.82) is 0 Å². The molecule has 6 unspecified atom stereocenters. The van der Waals surface area contributed by atoms with Crippen LogP contribution in [0.25, 0.3) is 0 Å². The number of phenols is 1. The first kappa shape index (κ1) is 32.9. The zero-order chi connectivity index (χ0) is 34.1. The van der Waals surface area contributed by atoms with Gasteiger partial charge < -0.3 is 19.9 Å². The molecule has 0 aromatic heterocycles. The molecule has 3 fully saturated rings. The summed E-state index contributed by atoms with van der Waals surface area (Å²) < 4.78 is 5.90. The van der Waals surface area contributed by atoms with Crippen LogP contribution in [0.3, 0.4) is 0 Å². The maximum Gasteiger partial charge on any atom is 0.488 e. The third-order valence-corrected chi connectivity index (χ3v) is 11.9. The summed E-state index contributed by atoms with van der Waals surface area (Å²) in [6.45, 7) is 0.240. The van der Waals surface area contributed by atoms with Gasteiger partial charge in [0.25, 0.3) is 11.8 Å². The molecule has 10 nitrogen and oxygen atoms in total. The topological polar surface area (TPSA) is 145 Å². The Balaban J connectivity index is 1.31. The van der Waals surface area contributed by atoms with E-state index >= 15 is 0 Å². The largest absolute Gasteiger partial charge is 0.508 e. The van der Waals surface area contributed by atoms with Crippen molar-refractivity contribution in [2.24, 2.45) is 17.8 Å². The number of aromatic hydroxyl groups is 1. The molecule has 1 saturated carbocycles. The summed E-state index contributed by atoms with van der Waals surface area (Å²) in [5.41, 5.74) is 1.75. The van der Waals surface area contributed by atoms with Crippen LogP contribution in [0.1, 0.15) is 29.9 Å². The van der Waals surface area contributed by atoms with Crippen LogP contribution in [-0.4, -0.2) is 66.0 Å². The van der Waals surface area contributed by atoms with Crippen LogP contribution in [-0.2, 0) is 25.8 Å². The standard InChI is InChI=1S/C34H28BBrCl2N2O8/c36-17-39-31(44)33(37)15-25-22(11-12-24-27(25)30(43)40(29(24)42)20-8-4-7-19(13-20)35(46)47)28(34(33,38)32(39)45)23-10-9-21(14-26(23)41)48-16-18-5-2-1-3-6-18/h1-11,13-14,24-25,27-28,41,46-47H,12,15-17H2. The second-order valence-corrected chi connectivity index (χ2v) is 14.2. The Morgan fingerprint density at radius 1 is 0.917 bits per heavy atom. The van der Waals surface area contributed by atoms with E-state index in [9.17, 15) is 34.3 Å². The number of carbonyl (C=O) groups is 4. The highest BCUT2D eigenvalue weighted by Crippen LogP contribution is 2.66. The van der Waals surface area contributed by atoms with Crippen molar-refractivity contribution in [3.8, 4) is 11.5 Å². The van der Waals surface area contributed by atoms with Crippen LogP contribution in [0.5, 0.6) is 11.5 Å². The number of phenolic OH excluding ortho intramolecular Hbond substituents is 1. The number of nitrogens with zero attached hydrogens (tertiary/aromatic N) is 2. The number of rotatable bonds is 7. The fraction of sp³-hybridized carbons (Fsp3) is 0.294. The molecule has 4 amide bonds. The summed E-state index contributed by atoms with van der Waals surface area (Å²) >= 11 is 17.8. The quantitative estimate of drug-likeness (QED) is 0.109. The number of anilines is 1. The number of likely N-dealkylation sites (tertiary alicyclic amines) is 1. The molecule has 2 aliphatic carbocycles. The highest BCUT2D eigenvalue weighted by atomic mass is 79.9. The number of amides is 4. The summed E-state index contributed by atoms with van der Waals surface area (Å²) in [7, 11) is -1.81. The van der Waals surface area contributed by atoms with Gasteiger partial charge in [0.1, 0.15) is 18.1 Å². The summed E-state index contributed by atoms with van der Waals surface area (Å²) in [6.07, 6.45) is 1.69. The summed E-state index contributed by atoms with van der Waals surface area (Å²) in [5.74, 6) is -6.13. The van der Waals surface area contributed by atoms with Crippen LogP contribution in [0.4, 0.5) is 5.69 Å². The summed E-state index contributed by atoms with van der Waals surface area (Å²) in [5, 5.41) is 30.9. The van der Waals surface area contributed by atoms with Crippen molar-refractivity contribution >= 4 is 81.0 Å². The van der Waals surface area contributed by atoms with E-state index in [-0.39, 0.29) is 47.4 Å². The summed E-state index contributed by atoms with van der Waals surface area (Å²) in [4.78, 5) is 53.8. The zero-order valence-corrected chi connectivity index (χ0v) is 28.2. The lowest BCUT2D eigenvalue weighted by molar-refractivity contribution is -0.138. The smallest absolute Gasteiger partial charge is 0.488 e. The number of alkyl halides is 3. The fourth-order valence-electron chi connectivity index (χ4n) is 7.78. The maximum absolute atomic E-state index is 14.2. The van der Waals surface area contributed by atoms with Crippen LogP contribution < -0.4 is 15.1 Å². The fourth-order valence-corrected chi connectivity index (χ4v) is 9.19.